The third-order valence-corrected chi connectivity index (χ3v) is 9.31. The molecule has 0 spiro atoms. The molecule has 1 saturated heterocycles. The summed E-state index contributed by atoms with van der Waals surface area (Å²) in [6.45, 7) is 5.47. The van der Waals surface area contributed by atoms with Crippen LogP contribution in [0.5, 0.6) is 0 Å². The van der Waals surface area contributed by atoms with Crippen LogP contribution in [0, 0.1) is 13.8 Å². The van der Waals surface area contributed by atoms with Crippen LogP contribution < -0.4 is 11.1 Å². The van der Waals surface area contributed by atoms with Crippen molar-refractivity contribution in [3.8, 4) is 0 Å². The van der Waals surface area contributed by atoms with E-state index in [1.165, 1.54) is 11.3 Å². The largest absolute Gasteiger partial charge is 0.375 e. The second-order valence-corrected chi connectivity index (χ2v) is 12.7. The van der Waals surface area contributed by atoms with Crippen LogP contribution in [0.2, 0.25) is 0 Å². The van der Waals surface area contributed by atoms with Crippen molar-refractivity contribution in [2.24, 2.45) is 0 Å². The van der Waals surface area contributed by atoms with E-state index in [9.17, 15) is 14.4 Å². The molecular formula is C32H38N8O3S. The Morgan fingerprint density at radius 3 is 2.66 bits per heavy atom. The number of carbonyl (C=O) groups is 3. The van der Waals surface area contributed by atoms with Gasteiger partial charge in [-0.1, -0.05) is 41.7 Å². The van der Waals surface area contributed by atoms with Gasteiger partial charge in [-0.25, -0.2) is 14.6 Å². The van der Waals surface area contributed by atoms with Gasteiger partial charge in [-0.05, 0) is 69.2 Å². The average molecular weight is 615 g/mol. The highest BCUT2D eigenvalue weighted by Gasteiger charge is 2.34. The monoisotopic (exact) mass is 614 g/mol. The van der Waals surface area contributed by atoms with Gasteiger partial charge in [-0.15, -0.1) is 0 Å². The van der Waals surface area contributed by atoms with Crippen molar-refractivity contribution in [3.05, 3.63) is 70.8 Å². The van der Waals surface area contributed by atoms with E-state index in [1.54, 1.807) is 9.80 Å². The van der Waals surface area contributed by atoms with E-state index >= 15 is 0 Å². The van der Waals surface area contributed by atoms with E-state index in [2.05, 4.69) is 15.4 Å². The topological polar surface area (TPSA) is 139 Å². The van der Waals surface area contributed by atoms with Gasteiger partial charge in [0.1, 0.15) is 17.7 Å². The summed E-state index contributed by atoms with van der Waals surface area (Å²) in [5.74, 6) is 0.896. The van der Waals surface area contributed by atoms with Gasteiger partial charge in [0, 0.05) is 31.6 Å². The van der Waals surface area contributed by atoms with Crippen LogP contribution in [0.4, 0.5) is 5.13 Å². The number of amides is 3. The van der Waals surface area contributed by atoms with Gasteiger partial charge in [-0.2, -0.15) is 5.10 Å². The molecule has 2 aliphatic heterocycles. The van der Waals surface area contributed by atoms with Crippen LogP contribution in [0.1, 0.15) is 71.3 Å². The van der Waals surface area contributed by atoms with Gasteiger partial charge >= 0.3 is 0 Å². The highest BCUT2D eigenvalue weighted by molar-refractivity contribution is 7.22. The molecule has 0 radical (unpaired) electrons. The van der Waals surface area contributed by atoms with Crippen LogP contribution in [0.3, 0.4) is 0 Å². The molecule has 230 valence electrons. The maximum atomic E-state index is 14.0. The van der Waals surface area contributed by atoms with Crippen molar-refractivity contribution < 1.29 is 14.4 Å². The number of aromatic nitrogens is 4. The minimum Gasteiger partial charge on any atom is -0.375 e. The quantitative estimate of drug-likeness (QED) is 0.358. The summed E-state index contributed by atoms with van der Waals surface area (Å²) in [7, 11) is 0. The molecule has 0 bridgehead atoms. The van der Waals surface area contributed by atoms with E-state index in [4.69, 9.17) is 10.7 Å². The number of nitrogen functional groups attached to an aromatic ring is 1. The van der Waals surface area contributed by atoms with Crippen LogP contribution in [0.15, 0.2) is 42.5 Å². The summed E-state index contributed by atoms with van der Waals surface area (Å²) >= 11 is 1.36. The normalized spacial score (nSPS) is 20.1. The number of nitrogens with zero attached hydrogens (tertiary/aromatic N) is 6. The number of aryl methyl sites for hydroxylation is 2. The molecule has 2 aromatic heterocycles. The zero-order chi connectivity index (χ0) is 30.8. The maximum absolute atomic E-state index is 14.0. The number of piperidine rings is 1. The first kappa shape index (κ1) is 29.7. The summed E-state index contributed by atoms with van der Waals surface area (Å²) in [6, 6.07) is 12.7. The van der Waals surface area contributed by atoms with Gasteiger partial charge in [0.05, 0.1) is 22.8 Å². The first-order chi connectivity index (χ1) is 21.3. The Morgan fingerprint density at radius 1 is 1.02 bits per heavy atom. The lowest BCUT2D eigenvalue weighted by Gasteiger charge is -2.36. The molecule has 4 aromatic rings. The molecule has 44 heavy (non-hydrogen) atoms. The Labute approximate surface area is 260 Å². The fourth-order valence-corrected chi connectivity index (χ4v) is 7.19. The molecule has 1 fully saturated rings. The molecule has 0 aliphatic carbocycles. The second-order valence-electron chi connectivity index (χ2n) is 11.7. The van der Waals surface area contributed by atoms with E-state index in [0.717, 1.165) is 34.2 Å². The van der Waals surface area contributed by atoms with Crippen LogP contribution in [-0.4, -0.2) is 72.9 Å². The summed E-state index contributed by atoms with van der Waals surface area (Å²) in [5, 5.41) is 8.39. The number of rotatable bonds is 3. The number of hydrogen-bond donors (Lipinski definition) is 2. The molecule has 0 unspecified atom stereocenters. The van der Waals surface area contributed by atoms with Gasteiger partial charge in [0.15, 0.2) is 5.13 Å². The zero-order valence-corrected chi connectivity index (χ0v) is 26.0. The van der Waals surface area contributed by atoms with E-state index in [0.29, 0.717) is 67.8 Å². The minimum absolute atomic E-state index is 0.0506. The number of carbonyl (C=O) groups excluding carboxylic acids is 3. The Bertz CT molecular complexity index is 1680. The lowest BCUT2D eigenvalue weighted by atomic mass is 9.99. The molecule has 2 atom stereocenters. The van der Waals surface area contributed by atoms with Crippen LogP contribution in [-0.2, 0) is 22.6 Å². The zero-order valence-electron chi connectivity index (χ0n) is 25.2. The molecule has 11 nitrogen and oxygen atoms in total. The third-order valence-electron chi connectivity index (χ3n) is 8.48. The van der Waals surface area contributed by atoms with Crippen molar-refractivity contribution in [3.63, 3.8) is 0 Å². The molecule has 4 heterocycles. The van der Waals surface area contributed by atoms with Crippen molar-refractivity contribution in [2.45, 2.75) is 71.0 Å². The Kier molecular flexibility index (Phi) is 8.60. The Balaban J connectivity index is 1.35. The van der Waals surface area contributed by atoms with E-state index in [-0.39, 0.29) is 24.1 Å². The van der Waals surface area contributed by atoms with E-state index < -0.39 is 12.1 Å². The summed E-state index contributed by atoms with van der Waals surface area (Å²) in [4.78, 5) is 53.9. The minimum atomic E-state index is -0.533. The lowest BCUT2D eigenvalue weighted by Crippen LogP contribution is -2.53. The number of fused-ring (bicyclic) bond motifs is 3. The van der Waals surface area contributed by atoms with Crippen LogP contribution in [0.25, 0.3) is 10.2 Å². The Morgan fingerprint density at radius 2 is 1.84 bits per heavy atom. The van der Waals surface area contributed by atoms with Crippen molar-refractivity contribution in [1.82, 2.24) is 34.9 Å². The number of hydrogen-bond acceptors (Lipinski definition) is 8. The second kappa shape index (κ2) is 12.7. The summed E-state index contributed by atoms with van der Waals surface area (Å²) < 4.78 is 2.69. The third kappa shape index (κ3) is 6.30. The molecule has 2 aliphatic rings. The fraction of sp³-hybridized carbons (Fsp3) is 0.438. The highest BCUT2D eigenvalue weighted by atomic mass is 32.1. The van der Waals surface area contributed by atoms with Gasteiger partial charge in [-0.3, -0.25) is 14.4 Å². The van der Waals surface area contributed by atoms with Gasteiger partial charge in [0.25, 0.3) is 5.91 Å². The number of thiazole rings is 1. The first-order valence-corrected chi connectivity index (χ1v) is 16.1. The molecule has 2 aromatic carbocycles. The number of anilines is 1. The predicted molar refractivity (Wildman–Crippen MR) is 169 cm³/mol. The fourth-order valence-electron chi connectivity index (χ4n) is 6.34. The number of nitrogens with one attached hydrogen (secondary N) is 1. The van der Waals surface area contributed by atoms with Gasteiger partial charge < -0.3 is 20.9 Å². The van der Waals surface area contributed by atoms with E-state index in [1.807, 2.05) is 61.0 Å². The summed E-state index contributed by atoms with van der Waals surface area (Å²) in [6.07, 6.45) is 3.65. The Hall–Kier alpha value is -4.32. The molecular weight excluding hydrogens is 576 g/mol. The lowest BCUT2D eigenvalue weighted by molar-refractivity contribution is -0.142. The van der Waals surface area contributed by atoms with Crippen LogP contribution >= 0.6 is 11.3 Å². The smallest absolute Gasteiger partial charge is 0.253 e. The predicted octanol–water partition coefficient (Wildman–Crippen LogP) is 3.80. The van der Waals surface area contributed by atoms with Crippen molar-refractivity contribution in [2.75, 3.05) is 25.4 Å². The summed E-state index contributed by atoms with van der Waals surface area (Å²) in [5.41, 5.74) is 9.27. The standard InChI is InChI=1S/C32H38N8O3S/c1-20-17-23(19-26-28(20)36-32(33)44-26)31(43)38-13-8-12-27(41)39-14-7-6-11-25(39)30(42)35-24(18-22-9-4-3-5-10-22)29-34-21(2)37-40(29)16-15-38/h3-5,9-10,17,19,24-25H,6-8,11-16,18H2,1-2H3,(H2,33,36)(H,35,42)/t24-,25+/m1/s1. The highest BCUT2D eigenvalue weighted by Crippen LogP contribution is 2.29. The van der Waals surface area contributed by atoms with Crippen molar-refractivity contribution >= 4 is 44.4 Å². The number of nitrogens with two attached hydrogens (primary N) is 1. The van der Waals surface area contributed by atoms with Crippen molar-refractivity contribution in [1.29, 1.82) is 0 Å². The molecule has 3 amide bonds. The van der Waals surface area contributed by atoms with Gasteiger partial charge in [0.2, 0.25) is 11.8 Å². The first-order valence-electron chi connectivity index (χ1n) is 15.3. The maximum Gasteiger partial charge on any atom is 0.253 e. The molecule has 3 N–H and O–H groups in total. The molecule has 0 saturated carbocycles. The molecule has 6 rings (SSSR count). The SMILES string of the molecule is Cc1nc2n(n1)CCN(C(=O)c1cc(C)c3nc(N)sc3c1)CCCC(=O)N1CCCC[C@H]1C(=O)N[C@@H]2Cc1ccccc1. The molecule has 12 heteroatoms. The average Bonchev–Trinajstić information content (AvgIpc) is 3.59. The number of benzene rings is 2.